The third-order valence-electron chi connectivity index (χ3n) is 5.39. The lowest BCUT2D eigenvalue weighted by atomic mass is 10.1. The van der Waals surface area contributed by atoms with E-state index in [1.807, 2.05) is 11.0 Å². The molecule has 174 valence electrons. The second-order valence-electron chi connectivity index (χ2n) is 7.64. The molecule has 0 unspecified atom stereocenters. The Labute approximate surface area is 192 Å². The second kappa shape index (κ2) is 8.75. The van der Waals surface area contributed by atoms with Crippen molar-refractivity contribution in [1.82, 2.24) is 19.6 Å². The molecule has 1 saturated heterocycles. The number of rotatable bonds is 4. The number of fused-ring (bicyclic) bond motifs is 1. The van der Waals surface area contributed by atoms with Gasteiger partial charge in [-0.25, -0.2) is 9.97 Å². The minimum absolute atomic E-state index is 0.221. The highest BCUT2D eigenvalue weighted by atomic mass is 19.4. The number of morpholine rings is 1. The Bertz CT molecular complexity index is 1350. The summed E-state index contributed by atoms with van der Waals surface area (Å²) in [5.74, 6) is 0.548. The van der Waals surface area contributed by atoms with Crippen LogP contribution in [0, 0.1) is 0 Å². The molecular formula is C23H19F3N6O2. The van der Waals surface area contributed by atoms with Crippen molar-refractivity contribution in [3.63, 3.8) is 0 Å². The number of nitrogens with zero attached hydrogens (tertiary/aromatic N) is 5. The first kappa shape index (κ1) is 21.8. The molecule has 0 spiro atoms. The summed E-state index contributed by atoms with van der Waals surface area (Å²) in [5.41, 5.74) is 0.416. The average molecular weight is 468 g/mol. The fourth-order valence-corrected chi connectivity index (χ4v) is 3.68. The Kier molecular flexibility index (Phi) is 5.62. The molecule has 11 heteroatoms. The van der Waals surface area contributed by atoms with Crippen LogP contribution in [0.4, 0.5) is 24.8 Å². The van der Waals surface area contributed by atoms with Gasteiger partial charge in [-0.1, -0.05) is 18.2 Å². The number of alkyl halides is 3. The van der Waals surface area contributed by atoms with Gasteiger partial charge in [0.1, 0.15) is 17.3 Å². The van der Waals surface area contributed by atoms with E-state index < -0.39 is 17.6 Å². The van der Waals surface area contributed by atoms with Crippen molar-refractivity contribution >= 4 is 23.2 Å². The average Bonchev–Trinajstić information content (AvgIpc) is 3.30. The number of pyridine rings is 1. The van der Waals surface area contributed by atoms with Gasteiger partial charge in [-0.2, -0.15) is 22.8 Å². The van der Waals surface area contributed by atoms with Crippen LogP contribution in [0.2, 0.25) is 0 Å². The van der Waals surface area contributed by atoms with E-state index in [-0.39, 0.29) is 11.3 Å². The second-order valence-corrected chi connectivity index (χ2v) is 7.64. The number of halogens is 3. The number of benzene rings is 1. The molecule has 4 aromatic rings. The number of anilines is 2. The Morgan fingerprint density at radius 2 is 1.82 bits per heavy atom. The highest BCUT2D eigenvalue weighted by Gasteiger charge is 2.30. The lowest BCUT2D eigenvalue weighted by Crippen LogP contribution is -2.37. The first-order valence-corrected chi connectivity index (χ1v) is 10.5. The Morgan fingerprint density at radius 3 is 2.62 bits per heavy atom. The topological polar surface area (TPSA) is 84.7 Å². The molecule has 3 aromatic heterocycles. The van der Waals surface area contributed by atoms with E-state index in [1.165, 1.54) is 22.8 Å². The molecule has 5 rings (SSSR count). The summed E-state index contributed by atoms with van der Waals surface area (Å²) in [5, 5.41) is 7.14. The number of hydrogen-bond donors (Lipinski definition) is 1. The molecule has 0 radical (unpaired) electrons. The molecule has 1 N–H and O–H groups in total. The zero-order chi connectivity index (χ0) is 23.7. The Hall–Kier alpha value is -3.99. The summed E-state index contributed by atoms with van der Waals surface area (Å²) in [4.78, 5) is 23.6. The molecule has 0 aliphatic carbocycles. The third-order valence-corrected chi connectivity index (χ3v) is 5.39. The smallest absolute Gasteiger partial charge is 0.378 e. The van der Waals surface area contributed by atoms with Gasteiger partial charge in [0.05, 0.1) is 24.5 Å². The van der Waals surface area contributed by atoms with Crippen molar-refractivity contribution in [3.05, 3.63) is 72.1 Å². The van der Waals surface area contributed by atoms with Gasteiger partial charge in [0.2, 0.25) is 0 Å². The van der Waals surface area contributed by atoms with Crippen molar-refractivity contribution in [2.24, 2.45) is 0 Å². The highest BCUT2D eigenvalue weighted by Crippen LogP contribution is 2.32. The number of carbonyl (C=O) groups excluding carboxylic acids is 1. The van der Waals surface area contributed by atoms with Crippen molar-refractivity contribution in [3.8, 4) is 11.3 Å². The first-order valence-electron chi connectivity index (χ1n) is 10.5. The largest absolute Gasteiger partial charge is 0.416 e. The zero-order valence-corrected chi connectivity index (χ0v) is 17.8. The van der Waals surface area contributed by atoms with Crippen molar-refractivity contribution < 1.29 is 22.7 Å². The van der Waals surface area contributed by atoms with Gasteiger partial charge in [-0.3, -0.25) is 4.79 Å². The SMILES string of the molecule is O=C(Nc1ccnc2cc(-c3cccc(C(F)(F)F)c3)nn12)c1cccc(N2CCOCC2)n1. The van der Waals surface area contributed by atoms with Crippen molar-refractivity contribution in [2.45, 2.75) is 6.18 Å². The third kappa shape index (κ3) is 4.42. The van der Waals surface area contributed by atoms with Crippen LogP contribution < -0.4 is 10.2 Å². The minimum atomic E-state index is -4.46. The van der Waals surface area contributed by atoms with Crippen molar-refractivity contribution in [2.75, 3.05) is 36.5 Å². The number of carbonyl (C=O) groups is 1. The van der Waals surface area contributed by atoms with Crippen LogP contribution in [0.25, 0.3) is 16.9 Å². The summed E-state index contributed by atoms with van der Waals surface area (Å²) in [7, 11) is 0. The van der Waals surface area contributed by atoms with Gasteiger partial charge in [-0.15, -0.1) is 0 Å². The van der Waals surface area contributed by atoms with E-state index in [4.69, 9.17) is 4.74 Å². The van der Waals surface area contributed by atoms with Gasteiger partial charge in [0.15, 0.2) is 5.65 Å². The maximum atomic E-state index is 13.1. The molecule has 1 amide bonds. The summed E-state index contributed by atoms with van der Waals surface area (Å²) in [6.45, 7) is 2.57. The van der Waals surface area contributed by atoms with E-state index in [2.05, 4.69) is 20.4 Å². The van der Waals surface area contributed by atoms with E-state index in [0.29, 0.717) is 49.3 Å². The lowest BCUT2D eigenvalue weighted by Gasteiger charge is -2.27. The maximum absolute atomic E-state index is 13.1. The van der Waals surface area contributed by atoms with Crippen LogP contribution in [0.3, 0.4) is 0 Å². The molecule has 0 bridgehead atoms. The number of aromatic nitrogens is 4. The Morgan fingerprint density at radius 1 is 1.03 bits per heavy atom. The molecule has 0 saturated carbocycles. The van der Waals surface area contributed by atoms with Crippen LogP contribution in [-0.2, 0) is 10.9 Å². The number of amides is 1. The van der Waals surface area contributed by atoms with Crippen molar-refractivity contribution in [1.29, 1.82) is 0 Å². The van der Waals surface area contributed by atoms with Crippen LogP contribution in [0.5, 0.6) is 0 Å². The summed E-state index contributed by atoms with van der Waals surface area (Å²) < 4.78 is 46.0. The standard InChI is InChI=1S/C23H19F3N6O2/c24-23(25,26)16-4-1-3-15(13-16)18-14-21-27-8-7-20(32(21)30-18)29-22(33)17-5-2-6-19(28-17)31-9-11-34-12-10-31/h1-8,13-14H,9-12H2,(H,29,33). The summed E-state index contributed by atoms with van der Waals surface area (Å²) in [6.07, 6.45) is -2.98. The molecule has 1 aliphatic rings. The maximum Gasteiger partial charge on any atom is 0.416 e. The fourth-order valence-electron chi connectivity index (χ4n) is 3.68. The van der Waals surface area contributed by atoms with Crippen LogP contribution in [0.15, 0.2) is 60.8 Å². The normalized spacial score (nSPS) is 14.4. The molecular weight excluding hydrogens is 449 g/mol. The molecule has 4 heterocycles. The number of ether oxygens (including phenoxy) is 1. The molecule has 0 atom stereocenters. The molecule has 34 heavy (non-hydrogen) atoms. The minimum Gasteiger partial charge on any atom is -0.378 e. The van der Waals surface area contributed by atoms with E-state index in [1.54, 1.807) is 24.3 Å². The predicted molar refractivity (Wildman–Crippen MR) is 119 cm³/mol. The van der Waals surface area contributed by atoms with Gasteiger partial charge in [-0.05, 0) is 30.3 Å². The number of hydrogen-bond acceptors (Lipinski definition) is 6. The quantitative estimate of drug-likeness (QED) is 0.489. The Balaban J connectivity index is 1.42. The summed E-state index contributed by atoms with van der Waals surface area (Å²) >= 11 is 0. The monoisotopic (exact) mass is 468 g/mol. The highest BCUT2D eigenvalue weighted by molar-refractivity contribution is 6.02. The van der Waals surface area contributed by atoms with Crippen LogP contribution in [0.1, 0.15) is 16.1 Å². The van der Waals surface area contributed by atoms with E-state index in [0.717, 1.165) is 12.1 Å². The van der Waals surface area contributed by atoms with E-state index >= 15 is 0 Å². The molecule has 8 nitrogen and oxygen atoms in total. The van der Waals surface area contributed by atoms with Crippen LogP contribution >= 0.6 is 0 Å². The van der Waals surface area contributed by atoms with Gasteiger partial charge in [0, 0.05) is 30.9 Å². The summed E-state index contributed by atoms with van der Waals surface area (Å²) in [6, 6.07) is 13.2. The lowest BCUT2D eigenvalue weighted by molar-refractivity contribution is -0.137. The van der Waals surface area contributed by atoms with Crippen LogP contribution in [-0.4, -0.2) is 51.8 Å². The van der Waals surface area contributed by atoms with Gasteiger partial charge < -0.3 is 15.0 Å². The van der Waals surface area contributed by atoms with Gasteiger partial charge >= 0.3 is 6.18 Å². The van der Waals surface area contributed by atoms with E-state index in [9.17, 15) is 18.0 Å². The predicted octanol–water partition coefficient (Wildman–Crippen LogP) is 3.90. The van der Waals surface area contributed by atoms with Gasteiger partial charge in [0.25, 0.3) is 5.91 Å². The fraction of sp³-hybridized carbons (Fsp3) is 0.217. The number of nitrogens with one attached hydrogen (secondary N) is 1. The first-order chi connectivity index (χ1) is 16.4. The molecule has 1 fully saturated rings. The zero-order valence-electron chi connectivity index (χ0n) is 17.8. The molecule has 1 aromatic carbocycles. The molecule has 1 aliphatic heterocycles.